The van der Waals surface area contributed by atoms with E-state index in [1.54, 1.807) is 13.0 Å². The lowest BCUT2D eigenvalue weighted by molar-refractivity contribution is 0.517. The maximum Gasteiger partial charge on any atom is 0.128 e. The zero-order valence-electron chi connectivity index (χ0n) is 8.69. The van der Waals surface area contributed by atoms with Crippen molar-refractivity contribution in [2.45, 2.75) is 13.0 Å². The molecule has 0 saturated carbocycles. The summed E-state index contributed by atoms with van der Waals surface area (Å²) in [5.74, 6) is -0.533. The zero-order chi connectivity index (χ0) is 11.7. The fraction of sp³-hybridized carbons (Fsp3) is 0.182. The number of nitrogens with two attached hydrogens (primary N) is 1. The Labute approximate surface area is 91.5 Å². The summed E-state index contributed by atoms with van der Waals surface area (Å²) >= 11 is 0. The highest BCUT2D eigenvalue weighted by molar-refractivity contribution is 5.31. The van der Waals surface area contributed by atoms with E-state index in [1.165, 1.54) is 10.9 Å². The van der Waals surface area contributed by atoms with Crippen LogP contribution in [-0.2, 0) is 0 Å². The Balaban J connectivity index is 2.45. The van der Waals surface area contributed by atoms with Crippen molar-refractivity contribution >= 4 is 5.82 Å². The van der Waals surface area contributed by atoms with Gasteiger partial charge in [-0.05, 0) is 31.2 Å². The first-order valence-electron chi connectivity index (χ1n) is 4.83. The largest absolute Gasteiger partial charge is 0.384 e. The number of hydrogen-bond donors (Lipinski definition) is 1. The van der Waals surface area contributed by atoms with Gasteiger partial charge in [-0.2, -0.15) is 5.10 Å². The Morgan fingerprint density at radius 2 is 2.06 bits per heavy atom. The number of rotatable bonds is 2. The third kappa shape index (κ3) is 1.76. The summed E-state index contributed by atoms with van der Waals surface area (Å²) in [7, 11) is 0. The van der Waals surface area contributed by atoms with E-state index in [0.29, 0.717) is 5.82 Å². The van der Waals surface area contributed by atoms with Gasteiger partial charge >= 0.3 is 0 Å². The molecule has 2 aromatic rings. The van der Waals surface area contributed by atoms with Crippen LogP contribution in [0.2, 0.25) is 0 Å². The van der Waals surface area contributed by atoms with E-state index in [1.807, 2.05) is 0 Å². The molecule has 0 spiro atoms. The third-order valence-electron chi connectivity index (χ3n) is 2.48. The predicted octanol–water partition coefficient (Wildman–Crippen LogP) is 2.35. The van der Waals surface area contributed by atoms with Gasteiger partial charge in [0.15, 0.2) is 0 Å². The van der Waals surface area contributed by atoms with Crippen LogP contribution in [0.4, 0.5) is 14.6 Å². The predicted molar refractivity (Wildman–Crippen MR) is 56.8 cm³/mol. The minimum atomic E-state index is -0.478. The zero-order valence-corrected chi connectivity index (χ0v) is 8.69. The summed E-state index contributed by atoms with van der Waals surface area (Å²) < 4.78 is 28.0. The lowest BCUT2D eigenvalue weighted by atomic mass is 10.1. The van der Waals surface area contributed by atoms with Crippen LogP contribution in [0, 0.1) is 11.6 Å². The minimum Gasteiger partial charge on any atom is -0.384 e. The minimum absolute atomic E-state index is 0.232. The topological polar surface area (TPSA) is 43.8 Å². The second-order valence-electron chi connectivity index (χ2n) is 3.54. The molecule has 1 aromatic carbocycles. The van der Waals surface area contributed by atoms with Gasteiger partial charge in [0.1, 0.15) is 17.5 Å². The van der Waals surface area contributed by atoms with E-state index in [0.717, 1.165) is 18.2 Å². The van der Waals surface area contributed by atoms with Gasteiger partial charge in [0.25, 0.3) is 0 Å². The molecule has 0 aliphatic heterocycles. The Hall–Kier alpha value is -1.91. The van der Waals surface area contributed by atoms with Crippen LogP contribution in [-0.4, -0.2) is 9.78 Å². The number of nitrogens with zero attached hydrogens (tertiary/aromatic N) is 2. The fourth-order valence-electron chi connectivity index (χ4n) is 1.61. The smallest absolute Gasteiger partial charge is 0.128 e. The number of benzene rings is 1. The maximum atomic E-state index is 13.5. The lowest BCUT2D eigenvalue weighted by Crippen LogP contribution is -2.13. The van der Waals surface area contributed by atoms with E-state index >= 15 is 0 Å². The highest BCUT2D eigenvalue weighted by atomic mass is 19.1. The Kier molecular flexibility index (Phi) is 2.60. The first-order chi connectivity index (χ1) is 7.59. The molecule has 0 radical (unpaired) electrons. The monoisotopic (exact) mass is 223 g/mol. The Morgan fingerprint density at radius 1 is 1.31 bits per heavy atom. The summed E-state index contributed by atoms with van der Waals surface area (Å²) in [6.07, 6.45) is 1.52. The van der Waals surface area contributed by atoms with E-state index in [9.17, 15) is 8.78 Å². The molecule has 1 unspecified atom stereocenters. The number of aromatic nitrogens is 2. The van der Waals surface area contributed by atoms with Crippen LogP contribution in [0.5, 0.6) is 0 Å². The molecule has 3 nitrogen and oxygen atoms in total. The average molecular weight is 223 g/mol. The highest BCUT2D eigenvalue weighted by Gasteiger charge is 2.15. The quantitative estimate of drug-likeness (QED) is 0.849. The van der Waals surface area contributed by atoms with Crippen LogP contribution in [0.15, 0.2) is 30.5 Å². The van der Waals surface area contributed by atoms with Crippen LogP contribution in [0.1, 0.15) is 18.5 Å². The third-order valence-corrected chi connectivity index (χ3v) is 2.48. The van der Waals surface area contributed by atoms with Crippen molar-refractivity contribution in [3.05, 3.63) is 47.7 Å². The first kappa shape index (κ1) is 10.6. The molecule has 1 heterocycles. The average Bonchev–Trinajstić information content (AvgIpc) is 2.67. The van der Waals surface area contributed by atoms with Crippen molar-refractivity contribution in [2.75, 3.05) is 5.73 Å². The molecule has 16 heavy (non-hydrogen) atoms. The molecule has 0 fully saturated rings. The van der Waals surface area contributed by atoms with Crippen LogP contribution in [0.3, 0.4) is 0 Å². The molecule has 2 rings (SSSR count). The normalized spacial score (nSPS) is 12.7. The number of nitrogen functional groups attached to an aromatic ring is 1. The van der Waals surface area contributed by atoms with Crippen molar-refractivity contribution in [1.82, 2.24) is 9.78 Å². The Morgan fingerprint density at radius 3 is 2.69 bits per heavy atom. The first-order valence-corrected chi connectivity index (χ1v) is 4.83. The summed E-state index contributed by atoms with van der Waals surface area (Å²) in [5.41, 5.74) is 5.88. The van der Waals surface area contributed by atoms with Crippen molar-refractivity contribution in [1.29, 1.82) is 0 Å². The van der Waals surface area contributed by atoms with E-state index < -0.39 is 17.7 Å². The van der Waals surface area contributed by atoms with Gasteiger partial charge in [-0.1, -0.05) is 0 Å². The molecule has 0 amide bonds. The summed E-state index contributed by atoms with van der Waals surface area (Å²) in [6.45, 7) is 1.71. The molecular formula is C11H11F2N3. The number of anilines is 1. The molecule has 0 saturated heterocycles. The van der Waals surface area contributed by atoms with Gasteiger partial charge in [-0.3, -0.25) is 0 Å². The maximum absolute atomic E-state index is 13.5. The van der Waals surface area contributed by atoms with Gasteiger partial charge in [-0.25, -0.2) is 13.5 Å². The van der Waals surface area contributed by atoms with Gasteiger partial charge in [0, 0.05) is 5.56 Å². The SMILES string of the molecule is CC(c1cc(F)ccc1F)n1nccc1N. The van der Waals surface area contributed by atoms with Crippen LogP contribution >= 0.6 is 0 Å². The molecule has 1 aromatic heterocycles. The van der Waals surface area contributed by atoms with E-state index in [2.05, 4.69) is 5.10 Å². The van der Waals surface area contributed by atoms with Crippen LogP contribution < -0.4 is 5.73 Å². The second-order valence-corrected chi connectivity index (χ2v) is 3.54. The van der Waals surface area contributed by atoms with Crippen molar-refractivity contribution in [2.24, 2.45) is 0 Å². The fourth-order valence-corrected chi connectivity index (χ4v) is 1.61. The molecular weight excluding hydrogens is 212 g/mol. The van der Waals surface area contributed by atoms with Crippen molar-refractivity contribution < 1.29 is 8.78 Å². The molecule has 0 aliphatic rings. The summed E-state index contributed by atoms with van der Waals surface area (Å²) in [4.78, 5) is 0. The van der Waals surface area contributed by atoms with Gasteiger partial charge < -0.3 is 5.73 Å². The van der Waals surface area contributed by atoms with Gasteiger partial charge in [0.05, 0.1) is 12.2 Å². The molecule has 1 atom stereocenters. The standard InChI is InChI=1S/C11H11F2N3/c1-7(16-11(14)4-5-15-16)9-6-8(12)2-3-10(9)13/h2-7H,14H2,1H3. The van der Waals surface area contributed by atoms with Crippen LogP contribution in [0.25, 0.3) is 0 Å². The Bertz CT molecular complexity index is 508. The van der Waals surface area contributed by atoms with E-state index in [4.69, 9.17) is 5.73 Å². The number of halogens is 2. The molecule has 2 N–H and O–H groups in total. The van der Waals surface area contributed by atoms with Crippen molar-refractivity contribution in [3.63, 3.8) is 0 Å². The molecule has 0 aliphatic carbocycles. The highest BCUT2D eigenvalue weighted by Crippen LogP contribution is 2.23. The molecule has 84 valence electrons. The second kappa shape index (κ2) is 3.92. The van der Waals surface area contributed by atoms with Gasteiger partial charge in [-0.15, -0.1) is 0 Å². The summed E-state index contributed by atoms with van der Waals surface area (Å²) in [5, 5.41) is 3.97. The number of hydrogen-bond acceptors (Lipinski definition) is 2. The van der Waals surface area contributed by atoms with E-state index in [-0.39, 0.29) is 5.56 Å². The van der Waals surface area contributed by atoms with Gasteiger partial charge in [0.2, 0.25) is 0 Å². The van der Waals surface area contributed by atoms with Crippen molar-refractivity contribution in [3.8, 4) is 0 Å². The molecule has 5 heteroatoms. The summed E-state index contributed by atoms with van der Waals surface area (Å²) in [6, 6.07) is 4.50. The lowest BCUT2D eigenvalue weighted by Gasteiger charge is -2.15. The molecule has 0 bridgehead atoms.